The standard InChI is InChI=1S/C11H23NO2/c1-5-6-11(7-9(2)3)8-10(4)12(13)14/h9-11H,5-8H2,1-4H3. The molecule has 0 aliphatic heterocycles. The lowest BCUT2D eigenvalue weighted by Crippen LogP contribution is -2.20. The molecule has 0 spiro atoms. The topological polar surface area (TPSA) is 43.1 Å². The summed E-state index contributed by atoms with van der Waals surface area (Å²) in [5.41, 5.74) is 0. The second-order valence-corrected chi connectivity index (χ2v) is 4.65. The van der Waals surface area contributed by atoms with E-state index in [1.165, 1.54) is 0 Å². The van der Waals surface area contributed by atoms with Gasteiger partial charge in [-0.05, 0) is 18.3 Å². The fourth-order valence-corrected chi connectivity index (χ4v) is 1.98. The lowest BCUT2D eigenvalue weighted by molar-refractivity contribution is -0.520. The maximum absolute atomic E-state index is 10.5. The molecule has 3 heteroatoms. The van der Waals surface area contributed by atoms with Crippen molar-refractivity contribution in [3.8, 4) is 0 Å². The summed E-state index contributed by atoms with van der Waals surface area (Å²) < 4.78 is 0. The Labute approximate surface area is 87.0 Å². The maximum Gasteiger partial charge on any atom is 0.210 e. The molecule has 0 N–H and O–H groups in total. The van der Waals surface area contributed by atoms with Gasteiger partial charge in [0.1, 0.15) is 0 Å². The van der Waals surface area contributed by atoms with E-state index in [0.717, 1.165) is 25.7 Å². The fourth-order valence-electron chi connectivity index (χ4n) is 1.98. The molecular formula is C11H23NO2. The van der Waals surface area contributed by atoms with Gasteiger partial charge in [0.25, 0.3) is 0 Å². The Morgan fingerprint density at radius 1 is 1.21 bits per heavy atom. The highest BCUT2D eigenvalue weighted by molar-refractivity contribution is 4.64. The lowest BCUT2D eigenvalue weighted by atomic mass is 9.88. The Balaban J connectivity index is 4.01. The number of hydrogen-bond donors (Lipinski definition) is 0. The molecule has 3 nitrogen and oxygen atoms in total. The Morgan fingerprint density at radius 2 is 1.79 bits per heavy atom. The summed E-state index contributed by atoms with van der Waals surface area (Å²) in [6.45, 7) is 8.21. The van der Waals surface area contributed by atoms with E-state index in [1.807, 2.05) is 0 Å². The van der Waals surface area contributed by atoms with Gasteiger partial charge in [0.15, 0.2) is 0 Å². The van der Waals surface area contributed by atoms with Crippen LogP contribution in [0.4, 0.5) is 0 Å². The van der Waals surface area contributed by atoms with Gasteiger partial charge >= 0.3 is 0 Å². The van der Waals surface area contributed by atoms with E-state index >= 15 is 0 Å². The number of nitro groups is 1. The summed E-state index contributed by atoms with van der Waals surface area (Å²) >= 11 is 0. The first-order valence-corrected chi connectivity index (χ1v) is 5.60. The van der Waals surface area contributed by atoms with Crippen molar-refractivity contribution in [2.45, 2.75) is 59.4 Å². The van der Waals surface area contributed by atoms with E-state index in [-0.39, 0.29) is 11.0 Å². The number of rotatable bonds is 7. The smallest absolute Gasteiger partial charge is 0.210 e. The van der Waals surface area contributed by atoms with Crippen molar-refractivity contribution in [3.63, 3.8) is 0 Å². The SMILES string of the molecule is CCCC(CC(C)C)CC(C)[N+](=O)[O-]. The summed E-state index contributed by atoms with van der Waals surface area (Å²) in [6, 6.07) is -0.384. The Kier molecular flexibility index (Phi) is 6.50. The van der Waals surface area contributed by atoms with Gasteiger partial charge in [-0.3, -0.25) is 10.1 Å². The minimum atomic E-state index is -0.384. The summed E-state index contributed by atoms with van der Waals surface area (Å²) in [6.07, 6.45) is 4.10. The number of hydrogen-bond acceptors (Lipinski definition) is 2. The Bertz CT molecular complexity index is 169. The molecule has 0 heterocycles. The molecule has 2 unspecified atom stereocenters. The van der Waals surface area contributed by atoms with Gasteiger partial charge < -0.3 is 0 Å². The molecule has 0 rings (SSSR count). The van der Waals surface area contributed by atoms with E-state index in [0.29, 0.717) is 11.8 Å². The highest BCUT2D eigenvalue weighted by Gasteiger charge is 2.20. The van der Waals surface area contributed by atoms with Crippen LogP contribution in [0, 0.1) is 22.0 Å². The quantitative estimate of drug-likeness (QED) is 0.467. The third kappa shape index (κ3) is 5.95. The molecule has 0 aromatic rings. The minimum Gasteiger partial charge on any atom is -0.264 e. The van der Waals surface area contributed by atoms with Gasteiger partial charge in [-0.2, -0.15) is 0 Å². The first kappa shape index (κ1) is 13.4. The molecule has 0 aliphatic rings. The molecule has 14 heavy (non-hydrogen) atoms. The van der Waals surface area contributed by atoms with Crippen LogP contribution < -0.4 is 0 Å². The average Bonchev–Trinajstić information content (AvgIpc) is 2.02. The third-order valence-electron chi connectivity index (χ3n) is 2.54. The molecule has 0 aliphatic carbocycles. The molecule has 0 saturated carbocycles. The number of nitrogens with zero attached hydrogens (tertiary/aromatic N) is 1. The third-order valence-corrected chi connectivity index (χ3v) is 2.54. The van der Waals surface area contributed by atoms with Crippen molar-refractivity contribution < 1.29 is 4.92 Å². The average molecular weight is 201 g/mol. The van der Waals surface area contributed by atoms with Gasteiger partial charge in [-0.25, -0.2) is 0 Å². The molecular weight excluding hydrogens is 178 g/mol. The van der Waals surface area contributed by atoms with Gasteiger partial charge in [-0.15, -0.1) is 0 Å². The van der Waals surface area contributed by atoms with Crippen molar-refractivity contribution in [3.05, 3.63) is 10.1 Å². The second-order valence-electron chi connectivity index (χ2n) is 4.65. The first-order chi connectivity index (χ1) is 6.47. The van der Waals surface area contributed by atoms with Crippen LogP contribution in [0.25, 0.3) is 0 Å². The summed E-state index contributed by atoms with van der Waals surface area (Å²) in [7, 11) is 0. The largest absolute Gasteiger partial charge is 0.264 e. The lowest BCUT2D eigenvalue weighted by Gasteiger charge is -2.18. The van der Waals surface area contributed by atoms with E-state index < -0.39 is 0 Å². The van der Waals surface area contributed by atoms with Crippen molar-refractivity contribution in [2.24, 2.45) is 11.8 Å². The molecule has 0 fully saturated rings. The molecule has 0 aromatic carbocycles. The Hall–Kier alpha value is -0.600. The van der Waals surface area contributed by atoms with E-state index in [1.54, 1.807) is 6.92 Å². The zero-order valence-corrected chi connectivity index (χ0v) is 9.82. The molecule has 0 bridgehead atoms. The van der Waals surface area contributed by atoms with Crippen LogP contribution in [0.15, 0.2) is 0 Å². The predicted octanol–water partition coefficient (Wildman–Crippen LogP) is 3.50. The van der Waals surface area contributed by atoms with Crippen LogP contribution in [0.2, 0.25) is 0 Å². The van der Waals surface area contributed by atoms with Gasteiger partial charge in [0.05, 0.1) is 0 Å². The summed E-state index contributed by atoms with van der Waals surface area (Å²) in [5, 5.41) is 10.5. The van der Waals surface area contributed by atoms with E-state index in [4.69, 9.17) is 0 Å². The van der Waals surface area contributed by atoms with Crippen LogP contribution >= 0.6 is 0 Å². The molecule has 84 valence electrons. The second kappa shape index (κ2) is 6.80. The summed E-state index contributed by atoms with van der Waals surface area (Å²) in [4.78, 5) is 10.4. The predicted molar refractivity (Wildman–Crippen MR) is 58.9 cm³/mol. The van der Waals surface area contributed by atoms with Crippen molar-refractivity contribution in [1.29, 1.82) is 0 Å². The van der Waals surface area contributed by atoms with E-state index in [2.05, 4.69) is 20.8 Å². The van der Waals surface area contributed by atoms with Crippen molar-refractivity contribution in [2.75, 3.05) is 0 Å². The minimum absolute atomic E-state index is 0.164. The van der Waals surface area contributed by atoms with Crippen molar-refractivity contribution >= 4 is 0 Å². The van der Waals surface area contributed by atoms with Gasteiger partial charge in [-0.1, -0.05) is 33.6 Å². The highest BCUT2D eigenvalue weighted by Crippen LogP contribution is 2.22. The van der Waals surface area contributed by atoms with Crippen LogP contribution in [0.3, 0.4) is 0 Å². The van der Waals surface area contributed by atoms with Crippen LogP contribution in [-0.2, 0) is 0 Å². The van der Waals surface area contributed by atoms with Crippen LogP contribution in [-0.4, -0.2) is 11.0 Å². The monoisotopic (exact) mass is 201 g/mol. The maximum atomic E-state index is 10.5. The normalized spacial score (nSPS) is 15.5. The highest BCUT2D eigenvalue weighted by atomic mass is 16.6. The van der Waals surface area contributed by atoms with Gasteiger partial charge in [0, 0.05) is 18.3 Å². The Morgan fingerprint density at radius 3 is 2.14 bits per heavy atom. The van der Waals surface area contributed by atoms with E-state index in [9.17, 15) is 10.1 Å². The van der Waals surface area contributed by atoms with Gasteiger partial charge in [0.2, 0.25) is 6.04 Å². The van der Waals surface area contributed by atoms with Crippen LogP contribution in [0.5, 0.6) is 0 Å². The zero-order chi connectivity index (χ0) is 11.1. The fraction of sp³-hybridized carbons (Fsp3) is 1.00. The van der Waals surface area contributed by atoms with Crippen LogP contribution in [0.1, 0.15) is 53.4 Å². The molecule has 0 radical (unpaired) electrons. The zero-order valence-electron chi connectivity index (χ0n) is 9.82. The first-order valence-electron chi connectivity index (χ1n) is 5.60. The molecule has 2 atom stereocenters. The molecule has 0 saturated heterocycles. The molecule has 0 aromatic heterocycles. The van der Waals surface area contributed by atoms with Crippen molar-refractivity contribution in [1.82, 2.24) is 0 Å². The summed E-state index contributed by atoms with van der Waals surface area (Å²) in [5.74, 6) is 1.17. The molecule has 0 amide bonds.